The molecule has 1 amide bonds. The van der Waals surface area contributed by atoms with Crippen LogP contribution < -0.4 is 5.32 Å². The van der Waals surface area contributed by atoms with Crippen molar-refractivity contribution in [3.63, 3.8) is 0 Å². The molecule has 3 N–H and O–H groups in total. The number of hydrogen-bond donors (Lipinski definition) is 3. The zero-order valence-corrected chi connectivity index (χ0v) is 13.2. The first-order chi connectivity index (χ1) is 11.1. The maximum atomic E-state index is 11.7. The smallest absolute Gasteiger partial charge is 0.414 e. The monoisotopic (exact) mass is 336 g/mol. The molecule has 0 spiro atoms. The van der Waals surface area contributed by atoms with Crippen LogP contribution >= 0.6 is 11.8 Å². The summed E-state index contributed by atoms with van der Waals surface area (Å²) in [4.78, 5) is 26.6. The van der Waals surface area contributed by atoms with Gasteiger partial charge in [0.15, 0.2) is 0 Å². The number of nitrogens with zero attached hydrogens (tertiary/aromatic N) is 2. The molecule has 0 aliphatic rings. The number of carbonyl (C=O) groups excluding carboxylic acids is 1. The SMILES string of the molecule is CCC(Sc1n[nH]c(NC(=O)OCc2ccccc2)n1)C(=O)O. The second kappa shape index (κ2) is 8.18. The summed E-state index contributed by atoms with van der Waals surface area (Å²) in [6, 6.07) is 9.25. The van der Waals surface area contributed by atoms with E-state index >= 15 is 0 Å². The van der Waals surface area contributed by atoms with Gasteiger partial charge in [-0.15, -0.1) is 5.10 Å². The minimum absolute atomic E-state index is 0.103. The molecule has 23 heavy (non-hydrogen) atoms. The predicted molar refractivity (Wildman–Crippen MR) is 84.2 cm³/mol. The van der Waals surface area contributed by atoms with Crippen molar-refractivity contribution in [1.29, 1.82) is 0 Å². The van der Waals surface area contributed by atoms with Gasteiger partial charge in [0.25, 0.3) is 0 Å². The average Bonchev–Trinajstić information content (AvgIpc) is 2.98. The normalized spacial score (nSPS) is 11.7. The van der Waals surface area contributed by atoms with E-state index < -0.39 is 17.3 Å². The maximum absolute atomic E-state index is 11.7. The molecule has 122 valence electrons. The molecule has 0 radical (unpaired) electrons. The number of nitrogens with one attached hydrogen (secondary N) is 2. The Morgan fingerprint density at radius 1 is 1.39 bits per heavy atom. The number of aromatic amines is 1. The summed E-state index contributed by atoms with van der Waals surface area (Å²) in [7, 11) is 0. The topological polar surface area (TPSA) is 117 Å². The third-order valence-corrected chi connectivity index (χ3v) is 4.00. The van der Waals surface area contributed by atoms with E-state index in [1.165, 1.54) is 0 Å². The van der Waals surface area contributed by atoms with Gasteiger partial charge in [0.1, 0.15) is 11.9 Å². The molecule has 2 rings (SSSR count). The molecule has 0 saturated carbocycles. The Hall–Kier alpha value is -2.55. The van der Waals surface area contributed by atoms with Crippen molar-refractivity contribution in [1.82, 2.24) is 15.2 Å². The zero-order valence-electron chi connectivity index (χ0n) is 12.4. The van der Waals surface area contributed by atoms with Gasteiger partial charge in [-0.05, 0) is 12.0 Å². The molecule has 1 aromatic heterocycles. The number of H-pyrrole nitrogens is 1. The fraction of sp³-hybridized carbons (Fsp3) is 0.286. The minimum Gasteiger partial charge on any atom is -0.480 e. The van der Waals surface area contributed by atoms with Crippen molar-refractivity contribution in [2.75, 3.05) is 5.32 Å². The quantitative estimate of drug-likeness (QED) is 0.665. The second-order valence-corrected chi connectivity index (χ2v) is 5.68. The molecular weight excluding hydrogens is 320 g/mol. The molecule has 0 bridgehead atoms. The zero-order chi connectivity index (χ0) is 16.7. The number of hydrogen-bond acceptors (Lipinski definition) is 6. The standard InChI is InChI=1S/C14H16N4O4S/c1-2-10(11(19)20)23-13-15-12(17-18-13)16-14(21)22-8-9-6-4-3-5-7-9/h3-7,10H,2,8H2,1H3,(H,19,20)(H2,15,16,17,18,21). The van der Waals surface area contributed by atoms with Gasteiger partial charge < -0.3 is 9.84 Å². The third-order valence-electron chi connectivity index (χ3n) is 2.79. The van der Waals surface area contributed by atoms with Crippen LogP contribution in [0.3, 0.4) is 0 Å². The average molecular weight is 336 g/mol. The largest absolute Gasteiger partial charge is 0.480 e. The summed E-state index contributed by atoms with van der Waals surface area (Å²) in [5.74, 6) is -0.829. The first kappa shape index (κ1) is 16.8. The Kier molecular flexibility index (Phi) is 5.98. The van der Waals surface area contributed by atoms with Crippen molar-refractivity contribution >= 4 is 29.8 Å². The highest BCUT2D eigenvalue weighted by atomic mass is 32.2. The number of ether oxygens (including phenoxy) is 1. The highest BCUT2D eigenvalue weighted by Gasteiger charge is 2.19. The van der Waals surface area contributed by atoms with E-state index in [1.807, 2.05) is 30.3 Å². The minimum atomic E-state index is -0.931. The Balaban J connectivity index is 1.83. The third kappa shape index (κ3) is 5.29. The van der Waals surface area contributed by atoms with Gasteiger partial charge in [-0.2, -0.15) is 4.98 Å². The lowest BCUT2D eigenvalue weighted by molar-refractivity contribution is -0.136. The van der Waals surface area contributed by atoms with Crippen LogP contribution in [0.25, 0.3) is 0 Å². The number of aromatic nitrogens is 3. The highest BCUT2D eigenvalue weighted by Crippen LogP contribution is 2.22. The number of rotatable bonds is 7. The fourth-order valence-electron chi connectivity index (χ4n) is 1.65. The van der Waals surface area contributed by atoms with E-state index in [9.17, 15) is 9.59 Å². The molecular formula is C14H16N4O4S. The van der Waals surface area contributed by atoms with Crippen LogP contribution in [0.15, 0.2) is 35.5 Å². The van der Waals surface area contributed by atoms with Crippen molar-refractivity contribution in [3.8, 4) is 0 Å². The van der Waals surface area contributed by atoms with E-state index in [0.29, 0.717) is 6.42 Å². The van der Waals surface area contributed by atoms with E-state index in [4.69, 9.17) is 9.84 Å². The van der Waals surface area contributed by atoms with Crippen LogP contribution in [-0.2, 0) is 16.1 Å². The fourth-order valence-corrected chi connectivity index (χ4v) is 2.41. The summed E-state index contributed by atoms with van der Waals surface area (Å²) in [6.07, 6.45) is -0.233. The molecule has 9 heteroatoms. The van der Waals surface area contributed by atoms with Gasteiger partial charge in [-0.3, -0.25) is 10.1 Å². The van der Waals surface area contributed by atoms with E-state index in [2.05, 4.69) is 20.5 Å². The first-order valence-electron chi connectivity index (χ1n) is 6.88. The van der Waals surface area contributed by atoms with Gasteiger partial charge in [0.05, 0.1) is 0 Å². The molecule has 1 aromatic carbocycles. The molecule has 2 aromatic rings. The summed E-state index contributed by atoms with van der Waals surface area (Å²) in [5.41, 5.74) is 0.865. The molecule has 0 aliphatic carbocycles. The Bertz CT molecular complexity index is 662. The Labute approximate surface area is 136 Å². The number of carboxylic acids is 1. The number of carbonyl (C=O) groups is 2. The lowest BCUT2D eigenvalue weighted by Crippen LogP contribution is -2.15. The number of anilines is 1. The van der Waals surface area contributed by atoms with Gasteiger partial charge in [-0.1, -0.05) is 49.0 Å². The number of aliphatic carboxylic acids is 1. The van der Waals surface area contributed by atoms with Crippen LogP contribution in [0, 0.1) is 0 Å². The van der Waals surface area contributed by atoms with Crippen molar-refractivity contribution in [3.05, 3.63) is 35.9 Å². The van der Waals surface area contributed by atoms with E-state index in [1.54, 1.807) is 6.92 Å². The summed E-state index contributed by atoms with van der Waals surface area (Å²) < 4.78 is 5.04. The first-order valence-corrected chi connectivity index (χ1v) is 7.76. The van der Waals surface area contributed by atoms with Crippen molar-refractivity contribution in [2.45, 2.75) is 30.4 Å². The van der Waals surface area contributed by atoms with Crippen LogP contribution in [0.2, 0.25) is 0 Å². The lowest BCUT2D eigenvalue weighted by Gasteiger charge is -2.05. The number of amides is 1. The maximum Gasteiger partial charge on any atom is 0.414 e. The number of benzene rings is 1. The van der Waals surface area contributed by atoms with Crippen molar-refractivity contribution in [2.24, 2.45) is 0 Å². The second-order valence-electron chi connectivity index (χ2n) is 4.51. The number of thioether (sulfide) groups is 1. The van der Waals surface area contributed by atoms with Gasteiger partial charge >= 0.3 is 12.1 Å². The van der Waals surface area contributed by atoms with Gasteiger partial charge in [0, 0.05) is 0 Å². The van der Waals surface area contributed by atoms with Gasteiger partial charge in [-0.25, -0.2) is 9.89 Å². The predicted octanol–water partition coefficient (Wildman–Crippen LogP) is 2.51. The molecule has 1 atom stereocenters. The summed E-state index contributed by atoms with van der Waals surface area (Å²) in [5, 5.41) is 17.4. The van der Waals surface area contributed by atoms with Crippen molar-refractivity contribution < 1.29 is 19.4 Å². The molecule has 0 saturated heterocycles. The summed E-state index contributed by atoms with van der Waals surface area (Å²) in [6.45, 7) is 1.90. The van der Waals surface area contributed by atoms with Gasteiger partial charge in [0.2, 0.25) is 11.1 Å². The molecule has 0 aliphatic heterocycles. The van der Waals surface area contributed by atoms with Crippen LogP contribution in [0.5, 0.6) is 0 Å². The molecule has 1 unspecified atom stereocenters. The van der Waals surface area contributed by atoms with Crippen LogP contribution in [0.4, 0.5) is 10.7 Å². The summed E-state index contributed by atoms with van der Waals surface area (Å²) >= 11 is 1.01. The van der Waals surface area contributed by atoms with Crippen LogP contribution in [0.1, 0.15) is 18.9 Å². The van der Waals surface area contributed by atoms with Crippen LogP contribution in [-0.4, -0.2) is 37.6 Å². The molecule has 0 fully saturated rings. The van der Waals surface area contributed by atoms with E-state index in [-0.39, 0.29) is 17.7 Å². The molecule has 8 nitrogen and oxygen atoms in total. The highest BCUT2D eigenvalue weighted by molar-refractivity contribution is 8.00. The molecule has 1 heterocycles. The lowest BCUT2D eigenvalue weighted by atomic mass is 10.2. The Morgan fingerprint density at radius 3 is 2.78 bits per heavy atom. The van der Waals surface area contributed by atoms with E-state index in [0.717, 1.165) is 17.3 Å². The number of carboxylic acid groups (broad SMARTS) is 1. The Morgan fingerprint density at radius 2 is 2.13 bits per heavy atom.